The van der Waals surface area contributed by atoms with Crippen LogP contribution in [0.2, 0.25) is 0 Å². The summed E-state index contributed by atoms with van der Waals surface area (Å²) in [5.41, 5.74) is 3.13. The first-order valence-electron chi connectivity index (χ1n) is 7.38. The quantitative estimate of drug-likeness (QED) is 0.781. The van der Waals surface area contributed by atoms with Gasteiger partial charge in [-0.2, -0.15) is 0 Å². The van der Waals surface area contributed by atoms with Gasteiger partial charge >= 0.3 is 0 Å². The highest BCUT2D eigenvalue weighted by Crippen LogP contribution is 2.26. The van der Waals surface area contributed by atoms with Crippen LogP contribution in [0.4, 0.5) is 5.82 Å². The van der Waals surface area contributed by atoms with Crippen LogP contribution in [0.25, 0.3) is 10.9 Å². The number of aryl methyl sites for hydroxylation is 1. The number of methoxy groups -OCH3 is 2. The smallest absolute Gasteiger partial charge is 0.137 e. The first-order chi connectivity index (χ1) is 11.2. The Labute approximate surface area is 135 Å². The van der Waals surface area contributed by atoms with E-state index in [1.54, 1.807) is 20.5 Å². The molecule has 3 rings (SSSR count). The van der Waals surface area contributed by atoms with Crippen molar-refractivity contribution >= 4 is 16.7 Å². The number of nitrogens with zero attached hydrogens (tertiary/aromatic N) is 2. The Bertz CT molecular complexity index is 834. The summed E-state index contributed by atoms with van der Waals surface area (Å²) in [6.07, 6.45) is 1.59. The number of nitrogens with one attached hydrogen (secondary N) is 1. The molecule has 5 heteroatoms. The number of hydrogen-bond acceptors (Lipinski definition) is 5. The molecule has 0 spiro atoms. The highest BCUT2D eigenvalue weighted by molar-refractivity contribution is 5.90. The monoisotopic (exact) mass is 309 g/mol. The molecule has 3 aromatic rings. The molecular formula is C18H19N3O2. The fourth-order valence-corrected chi connectivity index (χ4v) is 2.55. The second-order valence-electron chi connectivity index (χ2n) is 5.22. The lowest BCUT2D eigenvalue weighted by Crippen LogP contribution is -2.04. The van der Waals surface area contributed by atoms with Crippen LogP contribution in [0.15, 0.2) is 42.7 Å². The van der Waals surface area contributed by atoms with E-state index < -0.39 is 0 Å². The van der Waals surface area contributed by atoms with Crippen molar-refractivity contribution in [2.45, 2.75) is 13.5 Å². The zero-order valence-corrected chi connectivity index (χ0v) is 13.5. The van der Waals surface area contributed by atoms with E-state index in [2.05, 4.69) is 15.3 Å². The van der Waals surface area contributed by atoms with Crippen molar-refractivity contribution in [1.29, 1.82) is 0 Å². The molecule has 0 aliphatic carbocycles. The van der Waals surface area contributed by atoms with Crippen LogP contribution >= 0.6 is 0 Å². The maximum absolute atomic E-state index is 5.43. The fourth-order valence-electron chi connectivity index (χ4n) is 2.55. The maximum Gasteiger partial charge on any atom is 0.137 e. The lowest BCUT2D eigenvalue weighted by atomic mass is 10.1. The van der Waals surface area contributed by atoms with Gasteiger partial charge in [-0.3, -0.25) is 0 Å². The summed E-state index contributed by atoms with van der Waals surface area (Å²) in [4.78, 5) is 8.73. The molecule has 1 aromatic heterocycles. The van der Waals surface area contributed by atoms with Crippen molar-refractivity contribution in [3.8, 4) is 11.5 Å². The Morgan fingerprint density at radius 1 is 1.04 bits per heavy atom. The lowest BCUT2D eigenvalue weighted by molar-refractivity contribution is 0.391. The van der Waals surface area contributed by atoms with Crippen LogP contribution in [0.3, 0.4) is 0 Å². The van der Waals surface area contributed by atoms with Gasteiger partial charge in [-0.25, -0.2) is 9.97 Å². The number of ether oxygens (including phenoxy) is 2. The third-order valence-corrected chi connectivity index (χ3v) is 3.81. The van der Waals surface area contributed by atoms with Gasteiger partial charge in [0.05, 0.1) is 19.7 Å². The van der Waals surface area contributed by atoms with Crippen molar-refractivity contribution in [3.63, 3.8) is 0 Å². The molecule has 1 N–H and O–H groups in total. The summed E-state index contributed by atoms with van der Waals surface area (Å²) in [6, 6.07) is 11.9. The van der Waals surface area contributed by atoms with Gasteiger partial charge in [0.2, 0.25) is 0 Å². The van der Waals surface area contributed by atoms with Gasteiger partial charge in [-0.15, -0.1) is 0 Å². The molecule has 1 heterocycles. The van der Waals surface area contributed by atoms with E-state index in [9.17, 15) is 0 Å². The van der Waals surface area contributed by atoms with Crippen molar-refractivity contribution in [1.82, 2.24) is 9.97 Å². The number of para-hydroxylation sites is 1. The predicted molar refractivity (Wildman–Crippen MR) is 91.1 cm³/mol. The van der Waals surface area contributed by atoms with Crippen LogP contribution in [0, 0.1) is 6.92 Å². The maximum atomic E-state index is 5.43. The number of anilines is 1. The molecule has 0 bridgehead atoms. The van der Waals surface area contributed by atoms with Crippen LogP contribution < -0.4 is 14.8 Å². The molecule has 0 unspecified atom stereocenters. The Hall–Kier alpha value is -2.82. The minimum Gasteiger partial charge on any atom is -0.497 e. The Morgan fingerprint density at radius 3 is 2.70 bits per heavy atom. The normalized spacial score (nSPS) is 10.6. The molecule has 118 valence electrons. The minimum absolute atomic E-state index is 0.604. The number of hydrogen-bond donors (Lipinski definition) is 1. The van der Waals surface area contributed by atoms with Crippen molar-refractivity contribution in [3.05, 3.63) is 53.9 Å². The molecule has 0 atom stereocenters. The van der Waals surface area contributed by atoms with Crippen LogP contribution in [0.5, 0.6) is 11.5 Å². The molecule has 5 nitrogen and oxygen atoms in total. The Kier molecular flexibility index (Phi) is 4.28. The van der Waals surface area contributed by atoms with E-state index in [4.69, 9.17) is 9.47 Å². The third kappa shape index (κ3) is 3.04. The largest absolute Gasteiger partial charge is 0.497 e. The van der Waals surface area contributed by atoms with E-state index >= 15 is 0 Å². The number of aromatic nitrogens is 2. The van der Waals surface area contributed by atoms with Gasteiger partial charge in [-0.1, -0.05) is 12.1 Å². The second-order valence-corrected chi connectivity index (χ2v) is 5.22. The second kappa shape index (κ2) is 6.52. The van der Waals surface area contributed by atoms with Gasteiger partial charge in [0.25, 0.3) is 0 Å². The van der Waals surface area contributed by atoms with E-state index in [1.807, 2.05) is 43.3 Å². The first kappa shape index (κ1) is 15.1. The molecule has 0 saturated heterocycles. The van der Waals surface area contributed by atoms with Crippen LogP contribution in [-0.2, 0) is 6.54 Å². The molecule has 0 saturated carbocycles. The van der Waals surface area contributed by atoms with Crippen molar-refractivity contribution in [2.24, 2.45) is 0 Å². The molecule has 2 aromatic carbocycles. The summed E-state index contributed by atoms with van der Waals surface area (Å²) in [7, 11) is 3.30. The summed E-state index contributed by atoms with van der Waals surface area (Å²) < 4.78 is 10.7. The van der Waals surface area contributed by atoms with Crippen molar-refractivity contribution in [2.75, 3.05) is 19.5 Å². The molecule has 0 radical (unpaired) electrons. The summed E-state index contributed by atoms with van der Waals surface area (Å²) in [5, 5.41) is 4.39. The number of rotatable bonds is 5. The van der Waals surface area contributed by atoms with E-state index in [0.717, 1.165) is 39.3 Å². The molecular weight excluding hydrogens is 290 g/mol. The Balaban J connectivity index is 1.88. The van der Waals surface area contributed by atoms with Crippen molar-refractivity contribution < 1.29 is 9.47 Å². The highest BCUT2D eigenvalue weighted by Gasteiger charge is 2.08. The van der Waals surface area contributed by atoms with E-state index in [0.29, 0.717) is 6.54 Å². The number of benzene rings is 2. The Morgan fingerprint density at radius 2 is 1.91 bits per heavy atom. The van der Waals surface area contributed by atoms with Gasteiger partial charge in [0, 0.05) is 23.6 Å². The topological polar surface area (TPSA) is 56.3 Å². The van der Waals surface area contributed by atoms with E-state index in [1.165, 1.54) is 0 Å². The molecule has 23 heavy (non-hydrogen) atoms. The van der Waals surface area contributed by atoms with Gasteiger partial charge in [-0.05, 0) is 30.7 Å². The number of fused-ring (bicyclic) bond motifs is 1. The van der Waals surface area contributed by atoms with E-state index in [-0.39, 0.29) is 0 Å². The molecule has 0 fully saturated rings. The van der Waals surface area contributed by atoms with Crippen LogP contribution in [-0.4, -0.2) is 24.2 Å². The summed E-state index contributed by atoms with van der Waals surface area (Å²) >= 11 is 0. The van der Waals surface area contributed by atoms with Gasteiger partial charge in [0.15, 0.2) is 0 Å². The third-order valence-electron chi connectivity index (χ3n) is 3.81. The molecule has 0 aliphatic heterocycles. The molecule has 0 amide bonds. The average molecular weight is 309 g/mol. The zero-order valence-electron chi connectivity index (χ0n) is 13.5. The highest BCUT2D eigenvalue weighted by atomic mass is 16.5. The summed E-state index contributed by atoms with van der Waals surface area (Å²) in [6.45, 7) is 2.65. The standard InChI is InChI=1S/C18H19N3O2/c1-12-5-4-6-15-17(12)20-11-21-18(15)19-10-13-7-8-14(22-2)9-16(13)23-3/h4-9,11H,10H2,1-3H3,(H,19,20,21). The SMILES string of the molecule is COc1ccc(CNc2ncnc3c(C)cccc23)c(OC)c1. The fraction of sp³-hybridized carbons (Fsp3) is 0.222. The summed E-state index contributed by atoms with van der Waals surface area (Å²) in [5.74, 6) is 2.37. The molecule has 0 aliphatic rings. The zero-order chi connectivity index (χ0) is 16.2. The van der Waals surface area contributed by atoms with Gasteiger partial charge < -0.3 is 14.8 Å². The van der Waals surface area contributed by atoms with Crippen LogP contribution in [0.1, 0.15) is 11.1 Å². The first-order valence-corrected chi connectivity index (χ1v) is 7.38. The lowest BCUT2D eigenvalue weighted by Gasteiger charge is -2.13. The van der Waals surface area contributed by atoms with Gasteiger partial charge in [0.1, 0.15) is 23.6 Å². The minimum atomic E-state index is 0.604. The average Bonchev–Trinajstić information content (AvgIpc) is 2.60. The predicted octanol–water partition coefficient (Wildman–Crippen LogP) is 3.57.